The summed E-state index contributed by atoms with van der Waals surface area (Å²) in [6.45, 7) is 3.88. The molecule has 4 heterocycles. The van der Waals surface area contributed by atoms with Crippen LogP contribution in [-0.2, 0) is 28.3 Å². The normalized spacial score (nSPS) is 19.2. The standard InChI is InChI=1S/C25H27N5O4/c1-3-7-18(29-24(26)27)20-13-8-5-6-9-17(13)28-21-14(20)11-30-19(21)10-16-15(22(30)31)12-34-23(32)25(16,33)4-2/h5-6,8-10,18,33H,3-4,7,11-12H2,1-2H3,(H4,26,27,29)/t18?,25-/m0/s1. The van der Waals surface area contributed by atoms with Crippen molar-refractivity contribution in [2.24, 2.45) is 16.5 Å². The molecule has 2 aliphatic rings. The summed E-state index contributed by atoms with van der Waals surface area (Å²) >= 11 is 0. The van der Waals surface area contributed by atoms with Gasteiger partial charge in [0, 0.05) is 16.5 Å². The minimum atomic E-state index is -1.87. The fourth-order valence-electron chi connectivity index (χ4n) is 5.17. The Kier molecular flexibility index (Phi) is 5.16. The van der Waals surface area contributed by atoms with Crippen molar-refractivity contribution in [3.05, 3.63) is 62.9 Å². The van der Waals surface area contributed by atoms with E-state index in [4.69, 9.17) is 21.2 Å². The Bertz CT molecular complexity index is 1420. The zero-order valence-corrected chi connectivity index (χ0v) is 19.2. The molecule has 9 nitrogen and oxygen atoms in total. The van der Waals surface area contributed by atoms with Crippen LogP contribution in [0.2, 0.25) is 0 Å². The monoisotopic (exact) mass is 461 g/mol. The predicted octanol–water partition coefficient (Wildman–Crippen LogP) is 2.19. The van der Waals surface area contributed by atoms with Crippen LogP contribution in [0.4, 0.5) is 0 Å². The third-order valence-corrected chi connectivity index (χ3v) is 6.84. The number of guanidine groups is 1. The molecule has 0 radical (unpaired) electrons. The maximum Gasteiger partial charge on any atom is 0.343 e. The molecule has 2 aliphatic heterocycles. The molecule has 34 heavy (non-hydrogen) atoms. The average Bonchev–Trinajstić information content (AvgIpc) is 3.18. The summed E-state index contributed by atoms with van der Waals surface area (Å²) in [5.41, 5.74) is 13.8. The molecule has 0 bridgehead atoms. The van der Waals surface area contributed by atoms with E-state index in [0.717, 1.165) is 34.9 Å². The number of ether oxygens (including phenoxy) is 1. The number of carbonyl (C=O) groups is 1. The van der Waals surface area contributed by atoms with Crippen LogP contribution in [0.15, 0.2) is 40.1 Å². The van der Waals surface area contributed by atoms with Gasteiger partial charge in [-0.1, -0.05) is 38.5 Å². The lowest BCUT2D eigenvalue weighted by atomic mass is 9.86. The molecule has 5 N–H and O–H groups in total. The molecule has 0 spiro atoms. The minimum Gasteiger partial charge on any atom is -0.458 e. The molecular weight excluding hydrogens is 434 g/mol. The average molecular weight is 462 g/mol. The van der Waals surface area contributed by atoms with Crippen LogP contribution in [0.3, 0.4) is 0 Å². The lowest BCUT2D eigenvalue weighted by Gasteiger charge is -2.31. The van der Waals surface area contributed by atoms with Gasteiger partial charge in [-0.3, -0.25) is 4.79 Å². The highest BCUT2D eigenvalue weighted by molar-refractivity contribution is 5.90. The van der Waals surface area contributed by atoms with Crippen LogP contribution < -0.4 is 17.0 Å². The van der Waals surface area contributed by atoms with Crippen LogP contribution in [0.1, 0.15) is 61.4 Å². The molecule has 0 aliphatic carbocycles. The number of hydrogen-bond acceptors (Lipinski definition) is 6. The Morgan fingerprint density at radius 1 is 1.26 bits per heavy atom. The molecule has 0 saturated heterocycles. The molecule has 9 heteroatoms. The van der Waals surface area contributed by atoms with Gasteiger partial charge < -0.3 is 25.9 Å². The lowest BCUT2D eigenvalue weighted by molar-refractivity contribution is -0.172. The van der Waals surface area contributed by atoms with E-state index in [-0.39, 0.29) is 30.6 Å². The van der Waals surface area contributed by atoms with Gasteiger partial charge in [-0.05, 0) is 30.5 Å². The SMILES string of the molecule is CCCC(N=C(N)N)c1c2c(nc3ccccc13)-c1cc3c(c(=O)n1C2)COC(=O)[C@]3(O)CC. The van der Waals surface area contributed by atoms with E-state index in [9.17, 15) is 14.7 Å². The molecule has 2 aromatic heterocycles. The Morgan fingerprint density at radius 2 is 2.03 bits per heavy atom. The number of rotatable bonds is 5. The Morgan fingerprint density at radius 3 is 2.74 bits per heavy atom. The molecule has 0 fully saturated rings. The van der Waals surface area contributed by atoms with E-state index in [1.54, 1.807) is 17.6 Å². The molecule has 0 amide bonds. The van der Waals surface area contributed by atoms with Crippen molar-refractivity contribution in [2.45, 2.75) is 57.9 Å². The van der Waals surface area contributed by atoms with Crippen LogP contribution in [0.5, 0.6) is 0 Å². The first-order valence-electron chi connectivity index (χ1n) is 11.5. The molecule has 176 valence electrons. The second kappa shape index (κ2) is 7.95. The Hall–Kier alpha value is -3.72. The van der Waals surface area contributed by atoms with E-state index in [2.05, 4.69) is 11.9 Å². The number of fused-ring (bicyclic) bond motifs is 5. The fourth-order valence-corrected chi connectivity index (χ4v) is 5.17. The van der Waals surface area contributed by atoms with Gasteiger partial charge >= 0.3 is 5.97 Å². The second-order valence-corrected chi connectivity index (χ2v) is 8.83. The largest absolute Gasteiger partial charge is 0.458 e. The van der Waals surface area contributed by atoms with Gasteiger partial charge in [0.05, 0.1) is 35.1 Å². The maximum atomic E-state index is 13.5. The Balaban J connectivity index is 1.83. The van der Waals surface area contributed by atoms with Crippen molar-refractivity contribution in [1.29, 1.82) is 0 Å². The number of nitrogens with zero attached hydrogens (tertiary/aromatic N) is 3. The zero-order chi connectivity index (χ0) is 24.2. The topological polar surface area (TPSA) is 146 Å². The summed E-state index contributed by atoms with van der Waals surface area (Å²) in [6.07, 6.45) is 1.67. The zero-order valence-electron chi connectivity index (χ0n) is 19.2. The lowest BCUT2D eigenvalue weighted by Crippen LogP contribution is -2.44. The van der Waals surface area contributed by atoms with E-state index in [1.807, 2.05) is 24.3 Å². The molecule has 2 atom stereocenters. The molecule has 5 rings (SSSR count). The van der Waals surface area contributed by atoms with Crippen molar-refractivity contribution in [3.8, 4) is 11.4 Å². The molecule has 1 unspecified atom stereocenters. The van der Waals surface area contributed by atoms with E-state index < -0.39 is 11.6 Å². The highest BCUT2D eigenvalue weighted by Gasteiger charge is 2.45. The number of pyridine rings is 2. The number of aliphatic hydroxyl groups is 1. The molecular formula is C25H27N5O4. The maximum absolute atomic E-state index is 13.5. The number of carbonyl (C=O) groups excluding carboxylic acids is 1. The quantitative estimate of drug-likeness (QED) is 0.235. The number of esters is 1. The smallest absolute Gasteiger partial charge is 0.343 e. The number of aromatic nitrogens is 2. The van der Waals surface area contributed by atoms with Gasteiger partial charge in [-0.25, -0.2) is 14.8 Å². The van der Waals surface area contributed by atoms with Crippen LogP contribution >= 0.6 is 0 Å². The summed E-state index contributed by atoms with van der Waals surface area (Å²) in [7, 11) is 0. The first kappa shape index (κ1) is 22.1. The predicted molar refractivity (Wildman–Crippen MR) is 128 cm³/mol. The third kappa shape index (κ3) is 3.11. The van der Waals surface area contributed by atoms with Crippen LogP contribution in [-0.4, -0.2) is 26.6 Å². The summed E-state index contributed by atoms with van der Waals surface area (Å²) in [5, 5.41) is 12.0. The highest BCUT2D eigenvalue weighted by atomic mass is 16.6. The van der Waals surface area contributed by atoms with Gasteiger partial charge in [-0.15, -0.1) is 0 Å². The number of hydrogen-bond donors (Lipinski definition) is 3. The number of cyclic esters (lactones) is 1. The Labute approximate surface area is 196 Å². The number of aliphatic imine (C=N–C) groups is 1. The first-order valence-corrected chi connectivity index (χ1v) is 11.5. The number of para-hydroxylation sites is 1. The van der Waals surface area contributed by atoms with E-state index >= 15 is 0 Å². The van der Waals surface area contributed by atoms with Crippen molar-refractivity contribution < 1.29 is 14.6 Å². The summed E-state index contributed by atoms with van der Waals surface area (Å²) in [5.74, 6) is -0.743. The third-order valence-electron chi connectivity index (χ3n) is 6.84. The van der Waals surface area contributed by atoms with Crippen LogP contribution in [0, 0.1) is 0 Å². The minimum absolute atomic E-state index is 0.0000865. The van der Waals surface area contributed by atoms with Crippen molar-refractivity contribution in [3.63, 3.8) is 0 Å². The first-order chi connectivity index (χ1) is 16.3. The highest BCUT2D eigenvalue weighted by Crippen LogP contribution is 2.43. The fraction of sp³-hybridized carbons (Fsp3) is 0.360. The summed E-state index contributed by atoms with van der Waals surface area (Å²) in [6, 6.07) is 9.16. The van der Waals surface area contributed by atoms with Crippen LogP contribution in [0.25, 0.3) is 22.3 Å². The van der Waals surface area contributed by atoms with Crippen molar-refractivity contribution in [1.82, 2.24) is 9.55 Å². The number of nitrogens with two attached hydrogens (primary N) is 2. The van der Waals surface area contributed by atoms with Gasteiger partial charge in [0.1, 0.15) is 6.61 Å². The molecule has 3 aromatic rings. The van der Waals surface area contributed by atoms with Gasteiger partial charge in [0.15, 0.2) is 11.6 Å². The molecule has 0 saturated carbocycles. The van der Waals surface area contributed by atoms with E-state index in [1.165, 1.54) is 0 Å². The van der Waals surface area contributed by atoms with Gasteiger partial charge in [-0.2, -0.15) is 0 Å². The number of benzene rings is 1. The van der Waals surface area contributed by atoms with Crippen molar-refractivity contribution >= 4 is 22.8 Å². The van der Waals surface area contributed by atoms with Gasteiger partial charge in [0.25, 0.3) is 5.56 Å². The molecule has 1 aromatic carbocycles. The second-order valence-electron chi connectivity index (χ2n) is 8.83. The van der Waals surface area contributed by atoms with Gasteiger partial charge in [0.2, 0.25) is 0 Å². The van der Waals surface area contributed by atoms with E-state index in [0.29, 0.717) is 29.1 Å². The summed E-state index contributed by atoms with van der Waals surface area (Å²) in [4.78, 5) is 35.4. The van der Waals surface area contributed by atoms with Crippen molar-refractivity contribution in [2.75, 3.05) is 0 Å². The summed E-state index contributed by atoms with van der Waals surface area (Å²) < 4.78 is 6.80.